The summed E-state index contributed by atoms with van der Waals surface area (Å²) in [4.78, 5) is 31.7. The Morgan fingerprint density at radius 1 is 1.11 bits per heavy atom. The Morgan fingerprint density at radius 2 is 1.89 bits per heavy atom. The molecule has 2 amide bonds. The number of rotatable bonds is 5. The van der Waals surface area contributed by atoms with Gasteiger partial charge in [-0.1, -0.05) is 0 Å². The van der Waals surface area contributed by atoms with Gasteiger partial charge in [0, 0.05) is 45.2 Å². The molecule has 3 fully saturated rings. The molecule has 1 saturated carbocycles. The lowest BCUT2D eigenvalue weighted by atomic mass is 9.92. The largest absolute Gasteiger partial charge is 0.342 e. The van der Waals surface area contributed by atoms with Crippen molar-refractivity contribution in [1.82, 2.24) is 14.7 Å². The highest BCUT2D eigenvalue weighted by molar-refractivity contribution is 7.07. The first-order valence-corrected chi connectivity index (χ1v) is 11.3. The molecule has 3 heterocycles. The maximum Gasteiger partial charge on any atom is 0.227 e. The third kappa shape index (κ3) is 4.54. The zero-order chi connectivity index (χ0) is 18.8. The first-order valence-electron chi connectivity index (χ1n) is 10.4. The molecule has 0 unspecified atom stereocenters. The molecule has 27 heavy (non-hydrogen) atoms. The number of amides is 2. The minimum atomic E-state index is 0.119. The van der Waals surface area contributed by atoms with E-state index < -0.39 is 0 Å². The molecule has 2 aliphatic heterocycles. The van der Waals surface area contributed by atoms with Crippen LogP contribution in [0.25, 0.3) is 0 Å². The van der Waals surface area contributed by atoms with Crippen LogP contribution in [0.1, 0.15) is 44.1 Å². The van der Waals surface area contributed by atoms with Crippen molar-refractivity contribution in [3.63, 3.8) is 0 Å². The summed E-state index contributed by atoms with van der Waals surface area (Å²) in [5.41, 5.74) is 1.22. The molecule has 5 nitrogen and oxygen atoms in total. The molecule has 0 bridgehead atoms. The van der Waals surface area contributed by atoms with Crippen molar-refractivity contribution in [3.8, 4) is 0 Å². The average molecular weight is 390 g/mol. The van der Waals surface area contributed by atoms with Gasteiger partial charge in [-0.3, -0.25) is 14.5 Å². The van der Waals surface area contributed by atoms with Gasteiger partial charge in [-0.05, 0) is 67.5 Å². The molecule has 4 rings (SSSR count). The van der Waals surface area contributed by atoms with Crippen molar-refractivity contribution in [2.45, 2.75) is 51.1 Å². The Balaban J connectivity index is 1.27. The number of carbonyl (C=O) groups excluding carboxylic acids is 2. The van der Waals surface area contributed by atoms with Gasteiger partial charge in [-0.2, -0.15) is 11.3 Å². The molecule has 1 aromatic rings. The van der Waals surface area contributed by atoms with E-state index in [-0.39, 0.29) is 11.8 Å². The number of likely N-dealkylation sites (tertiary alicyclic amines) is 2. The van der Waals surface area contributed by atoms with Gasteiger partial charge in [0.25, 0.3) is 0 Å². The van der Waals surface area contributed by atoms with Crippen molar-refractivity contribution in [2.24, 2.45) is 11.8 Å². The summed E-state index contributed by atoms with van der Waals surface area (Å²) in [5, 5.41) is 4.18. The van der Waals surface area contributed by atoms with Crippen molar-refractivity contribution in [1.29, 1.82) is 0 Å². The van der Waals surface area contributed by atoms with E-state index in [9.17, 15) is 9.59 Å². The number of nitrogens with zero attached hydrogens (tertiary/aromatic N) is 3. The predicted octanol–water partition coefficient (Wildman–Crippen LogP) is 2.82. The van der Waals surface area contributed by atoms with E-state index in [1.165, 1.54) is 5.56 Å². The normalized spacial score (nSPS) is 24.8. The summed E-state index contributed by atoms with van der Waals surface area (Å²) in [7, 11) is 1.93. The Morgan fingerprint density at radius 3 is 2.56 bits per heavy atom. The molecule has 0 aromatic carbocycles. The lowest BCUT2D eigenvalue weighted by molar-refractivity contribution is -0.137. The molecule has 1 atom stereocenters. The van der Waals surface area contributed by atoms with Crippen LogP contribution in [0.15, 0.2) is 16.8 Å². The van der Waals surface area contributed by atoms with Gasteiger partial charge in [0.2, 0.25) is 11.8 Å². The monoisotopic (exact) mass is 389 g/mol. The molecule has 1 aromatic heterocycles. The maximum absolute atomic E-state index is 12.9. The quantitative estimate of drug-likeness (QED) is 0.778. The molecular weight excluding hydrogens is 358 g/mol. The Bertz CT molecular complexity index is 650. The molecule has 0 radical (unpaired) electrons. The van der Waals surface area contributed by atoms with Crippen LogP contribution in [0.2, 0.25) is 0 Å². The lowest BCUT2D eigenvalue weighted by Gasteiger charge is -2.42. The average Bonchev–Trinajstić information content (AvgIpc) is 3.44. The third-order valence-electron chi connectivity index (χ3n) is 6.40. The van der Waals surface area contributed by atoms with Crippen molar-refractivity contribution in [3.05, 3.63) is 22.4 Å². The summed E-state index contributed by atoms with van der Waals surface area (Å²) in [6.07, 6.45) is 6.40. The standard InChI is InChI=1S/C21H31N3O2S/c1-22(13-16-8-12-27-15-16)20(25)18-3-2-9-24(14-18)19-6-10-23(11-7-19)21(26)17-4-5-17/h8,12,15,17-19H,2-7,9-11,13-14H2,1H3/t18-/m0/s1. The van der Waals surface area contributed by atoms with Gasteiger partial charge in [0.05, 0.1) is 5.92 Å². The summed E-state index contributed by atoms with van der Waals surface area (Å²) in [5.74, 6) is 1.12. The molecule has 6 heteroatoms. The fourth-order valence-electron chi connectivity index (χ4n) is 4.63. The molecule has 0 N–H and O–H groups in total. The van der Waals surface area contributed by atoms with Crippen LogP contribution in [-0.2, 0) is 16.1 Å². The number of thiophene rings is 1. The number of hydrogen-bond donors (Lipinski definition) is 0. The van der Waals surface area contributed by atoms with E-state index in [0.717, 1.165) is 64.7 Å². The van der Waals surface area contributed by atoms with Crippen molar-refractivity contribution in [2.75, 3.05) is 33.2 Å². The summed E-state index contributed by atoms with van der Waals surface area (Å²) in [6, 6.07) is 2.63. The van der Waals surface area contributed by atoms with Gasteiger partial charge < -0.3 is 9.80 Å². The van der Waals surface area contributed by atoms with Gasteiger partial charge in [-0.15, -0.1) is 0 Å². The summed E-state index contributed by atoms with van der Waals surface area (Å²) >= 11 is 1.68. The Hall–Kier alpha value is -1.40. The first-order chi connectivity index (χ1) is 13.1. The Labute approximate surface area is 166 Å². The van der Waals surface area contributed by atoms with E-state index in [2.05, 4.69) is 26.6 Å². The first kappa shape index (κ1) is 18.9. The predicted molar refractivity (Wildman–Crippen MR) is 107 cm³/mol. The van der Waals surface area contributed by atoms with Crippen molar-refractivity contribution >= 4 is 23.2 Å². The summed E-state index contributed by atoms with van der Waals surface area (Å²) in [6.45, 7) is 4.48. The van der Waals surface area contributed by atoms with Crippen LogP contribution in [0.4, 0.5) is 0 Å². The van der Waals surface area contributed by atoms with Gasteiger partial charge in [0.15, 0.2) is 0 Å². The number of hydrogen-bond acceptors (Lipinski definition) is 4. The van der Waals surface area contributed by atoms with E-state index in [1.807, 2.05) is 11.9 Å². The van der Waals surface area contributed by atoms with Gasteiger partial charge >= 0.3 is 0 Å². The van der Waals surface area contributed by atoms with Crippen LogP contribution in [0, 0.1) is 11.8 Å². The molecule has 3 aliphatic rings. The number of piperidine rings is 2. The zero-order valence-corrected chi connectivity index (χ0v) is 17.1. The number of carbonyl (C=O) groups is 2. The second-order valence-electron chi connectivity index (χ2n) is 8.49. The second kappa shape index (κ2) is 8.31. The summed E-state index contributed by atoms with van der Waals surface area (Å²) < 4.78 is 0. The van der Waals surface area contributed by atoms with Crippen LogP contribution in [-0.4, -0.2) is 65.8 Å². The fourth-order valence-corrected chi connectivity index (χ4v) is 5.29. The highest BCUT2D eigenvalue weighted by atomic mass is 32.1. The SMILES string of the molecule is CN(Cc1ccsc1)C(=O)[C@H]1CCCN(C2CCN(C(=O)C3CC3)CC2)C1. The Kier molecular flexibility index (Phi) is 5.83. The van der Waals surface area contributed by atoms with E-state index in [1.54, 1.807) is 11.3 Å². The molecule has 1 aliphatic carbocycles. The maximum atomic E-state index is 12.9. The van der Waals surface area contributed by atoms with Crippen LogP contribution < -0.4 is 0 Å². The second-order valence-corrected chi connectivity index (χ2v) is 9.27. The molecule has 2 saturated heterocycles. The highest BCUT2D eigenvalue weighted by Crippen LogP contribution is 2.33. The van der Waals surface area contributed by atoms with Crippen molar-refractivity contribution < 1.29 is 9.59 Å². The zero-order valence-electron chi connectivity index (χ0n) is 16.3. The van der Waals surface area contributed by atoms with Crippen LogP contribution in [0.5, 0.6) is 0 Å². The lowest BCUT2D eigenvalue weighted by Crippen LogP contribution is -2.51. The van der Waals surface area contributed by atoms with Crippen LogP contribution >= 0.6 is 11.3 Å². The van der Waals surface area contributed by atoms with E-state index in [0.29, 0.717) is 24.4 Å². The van der Waals surface area contributed by atoms with Crippen LogP contribution in [0.3, 0.4) is 0 Å². The smallest absolute Gasteiger partial charge is 0.227 e. The minimum Gasteiger partial charge on any atom is -0.342 e. The van der Waals surface area contributed by atoms with E-state index >= 15 is 0 Å². The molecule has 148 valence electrons. The molecule has 0 spiro atoms. The fraction of sp³-hybridized carbons (Fsp3) is 0.714. The van der Waals surface area contributed by atoms with E-state index in [4.69, 9.17) is 0 Å². The molecular formula is C21H31N3O2S. The third-order valence-corrected chi connectivity index (χ3v) is 7.13. The van der Waals surface area contributed by atoms with Gasteiger partial charge in [0.1, 0.15) is 0 Å². The highest BCUT2D eigenvalue weighted by Gasteiger charge is 2.37. The topological polar surface area (TPSA) is 43.9 Å². The minimum absolute atomic E-state index is 0.119. The van der Waals surface area contributed by atoms with Gasteiger partial charge in [-0.25, -0.2) is 0 Å².